The highest BCUT2D eigenvalue weighted by Crippen LogP contribution is 2.07. The van der Waals surface area contributed by atoms with Gasteiger partial charge in [0.1, 0.15) is 0 Å². The maximum Gasteiger partial charge on any atom is 0.0670 e. The van der Waals surface area contributed by atoms with E-state index in [9.17, 15) is 0 Å². The molecule has 1 aliphatic rings. The molecule has 0 saturated carbocycles. The molecule has 1 saturated heterocycles. The fourth-order valence-corrected chi connectivity index (χ4v) is 2.14. The van der Waals surface area contributed by atoms with Gasteiger partial charge in [0, 0.05) is 25.7 Å². The molecule has 1 fully saturated rings. The summed E-state index contributed by atoms with van der Waals surface area (Å²) in [5, 5.41) is 3.61. The molecule has 15 heavy (non-hydrogen) atoms. The lowest BCUT2D eigenvalue weighted by Gasteiger charge is -2.32. The van der Waals surface area contributed by atoms with Crippen LogP contribution in [0.25, 0.3) is 0 Å². The SMILES string of the molecule is COC(C)CN1CCC(C)NC(C)CC1. The molecule has 0 radical (unpaired) electrons. The maximum absolute atomic E-state index is 5.32. The third kappa shape index (κ3) is 4.96. The van der Waals surface area contributed by atoms with E-state index in [4.69, 9.17) is 4.74 Å². The van der Waals surface area contributed by atoms with Crippen LogP contribution in [0.3, 0.4) is 0 Å². The molecule has 0 aromatic carbocycles. The highest BCUT2D eigenvalue weighted by molar-refractivity contribution is 4.75. The van der Waals surface area contributed by atoms with E-state index in [0.29, 0.717) is 18.2 Å². The van der Waals surface area contributed by atoms with Gasteiger partial charge in [0.2, 0.25) is 0 Å². The second-order valence-corrected chi connectivity index (χ2v) is 4.89. The molecule has 0 bridgehead atoms. The monoisotopic (exact) mass is 214 g/mol. The maximum atomic E-state index is 5.32. The van der Waals surface area contributed by atoms with Gasteiger partial charge in [-0.2, -0.15) is 0 Å². The van der Waals surface area contributed by atoms with Crippen molar-refractivity contribution < 1.29 is 4.74 Å². The first-order valence-corrected chi connectivity index (χ1v) is 6.13. The van der Waals surface area contributed by atoms with Crippen molar-refractivity contribution in [1.29, 1.82) is 0 Å². The number of nitrogens with zero attached hydrogens (tertiary/aromatic N) is 1. The van der Waals surface area contributed by atoms with E-state index in [1.54, 1.807) is 7.11 Å². The molecule has 3 atom stereocenters. The molecule has 0 spiro atoms. The van der Waals surface area contributed by atoms with E-state index in [0.717, 1.165) is 6.54 Å². The van der Waals surface area contributed by atoms with E-state index in [1.807, 2.05) is 0 Å². The lowest BCUT2D eigenvalue weighted by Crippen LogP contribution is -2.44. The van der Waals surface area contributed by atoms with E-state index in [2.05, 4.69) is 31.0 Å². The second-order valence-electron chi connectivity index (χ2n) is 4.89. The number of ether oxygens (including phenoxy) is 1. The lowest BCUT2D eigenvalue weighted by atomic mass is 10.1. The van der Waals surface area contributed by atoms with E-state index in [-0.39, 0.29) is 0 Å². The minimum absolute atomic E-state index is 0.350. The molecule has 90 valence electrons. The zero-order chi connectivity index (χ0) is 11.3. The molecule has 3 heteroatoms. The van der Waals surface area contributed by atoms with E-state index in [1.165, 1.54) is 25.9 Å². The Kier molecular flexibility index (Phi) is 5.58. The molecule has 1 aliphatic heterocycles. The number of methoxy groups -OCH3 is 1. The van der Waals surface area contributed by atoms with Crippen LogP contribution < -0.4 is 5.32 Å². The Morgan fingerprint density at radius 1 is 1.27 bits per heavy atom. The molecule has 0 amide bonds. The fourth-order valence-electron chi connectivity index (χ4n) is 2.14. The van der Waals surface area contributed by atoms with Crippen molar-refractivity contribution in [1.82, 2.24) is 10.2 Å². The third-order valence-corrected chi connectivity index (χ3v) is 3.24. The molecule has 3 nitrogen and oxygen atoms in total. The summed E-state index contributed by atoms with van der Waals surface area (Å²) in [5.41, 5.74) is 0. The molecular weight excluding hydrogens is 188 g/mol. The number of hydrogen-bond acceptors (Lipinski definition) is 3. The van der Waals surface area contributed by atoms with Crippen LogP contribution in [0.2, 0.25) is 0 Å². The molecule has 1 N–H and O–H groups in total. The molecule has 0 aromatic heterocycles. The standard InChI is InChI=1S/C12H26N2O/c1-10-5-7-14(9-12(3)15-4)8-6-11(2)13-10/h10-13H,5-9H2,1-4H3. The average Bonchev–Trinajstić information content (AvgIpc) is 2.19. The van der Waals surface area contributed by atoms with Crippen molar-refractivity contribution in [3.05, 3.63) is 0 Å². The van der Waals surface area contributed by atoms with Gasteiger partial charge in [0.25, 0.3) is 0 Å². The van der Waals surface area contributed by atoms with Crippen molar-refractivity contribution in [2.24, 2.45) is 0 Å². The summed E-state index contributed by atoms with van der Waals surface area (Å²) in [6.45, 7) is 10.1. The topological polar surface area (TPSA) is 24.5 Å². The number of nitrogens with one attached hydrogen (secondary N) is 1. The Labute approximate surface area is 94.2 Å². The van der Waals surface area contributed by atoms with Crippen LogP contribution in [0.15, 0.2) is 0 Å². The van der Waals surface area contributed by atoms with Crippen molar-refractivity contribution in [3.8, 4) is 0 Å². The minimum atomic E-state index is 0.350. The minimum Gasteiger partial charge on any atom is -0.380 e. The van der Waals surface area contributed by atoms with Crippen molar-refractivity contribution >= 4 is 0 Å². The lowest BCUT2D eigenvalue weighted by molar-refractivity contribution is 0.0711. The van der Waals surface area contributed by atoms with Gasteiger partial charge in [-0.05, 0) is 46.7 Å². The first kappa shape index (κ1) is 12.9. The van der Waals surface area contributed by atoms with Crippen LogP contribution in [0.4, 0.5) is 0 Å². The Bertz CT molecular complexity index is 163. The summed E-state index contributed by atoms with van der Waals surface area (Å²) in [4.78, 5) is 2.53. The largest absolute Gasteiger partial charge is 0.380 e. The van der Waals surface area contributed by atoms with Crippen molar-refractivity contribution in [3.63, 3.8) is 0 Å². The van der Waals surface area contributed by atoms with E-state index < -0.39 is 0 Å². The van der Waals surface area contributed by atoms with Crippen LogP contribution in [0, 0.1) is 0 Å². The zero-order valence-corrected chi connectivity index (χ0v) is 10.6. The van der Waals surface area contributed by atoms with Gasteiger partial charge in [-0.25, -0.2) is 0 Å². The third-order valence-electron chi connectivity index (χ3n) is 3.24. The molecule has 3 unspecified atom stereocenters. The average molecular weight is 214 g/mol. The zero-order valence-electron chi connectivity index (χ0n) is 10.6. The van der Waals surface area contributed by atoms with Gasteiger partial charge in [-0.3, -0.25) is 0 Å². The van der Waals surface area contributed by atoms with Gasteiger partial charge < -0.3 is 15.0 Å². The Morgan fingerprint density at radius 3 is 2.27 bits per heavy atom. The summed E-state index contributed by atoms with van der Waals surface area (Å²) in [7, 11) is 1.79. The van der Waals surface area contributed by atoms with Crippen LogP contribution in [-0.2, 0) is 4.74 Å². The summed E-state index contributed by atoms with van der Waals surface area (Å²) in [6, 6.07) is 1.28. The molecule has 0 aliphatic carbocycles. The molecule has 1 heterocycles. The predicted molar refractivity (Wildman–Crippen MR) is 64.2 cm³/mol. The normalized spacial score (nSPS) is 32.0. The number of hydrogen-bond donors (Lipinski definition) is 1. The van der Waals surface area contributed by atoms with Crippen LogP contribution in [-0.4, -0.2) is 49.8 Å². The summed E-state index contributed by atoms with van der Waals surface area (Å²) < 4.78 is 5.32. The quantitative estimate of drug-likeness (QED) is 0.770. The number of rotatable bonds is 3. The van der Waals surface area contributed by atoms with Crippen molar-refractivity contribution in [2.75, 3.05) is 26.7 Å². The summed E-state index contributed by atoms with van der Waals surface area (Å²) in [6.07, 6.45) is 2.82. The van der Waals surface area contributed by atoms with Crippen LogP contribution in [0.1, 0.15) is 33.6 Å². The van der Waals surface area contributed by atoms with Crippen LogP contribution >= 0.6 is 0 Å². The molecule has 0 aromatic rings. The fraction of sp³-hybridized carbons (Fsp3) is 1.00. The molecular formula is C12H26N2O. The summed E-state index contributed by atoms with van der Waals surface area (Å²) >= 11 is 0. The Hall–Kier alpha value is -0.120. The van der Waals surface area contributed by atoms with Gasteiger partial charge in [0.05, 0.1) is 6.10 Å². The van der Waals surface area contributed by atoms with Gasteiger partial charge in [-0.15, -0.1) is 0 Å². The highest BCUT2D eigenvalue weighted by Gasteiger charge is 2.16. The molecule has 1 rings (SSSR count). The van der Waals surface area contributed by atoms with E-state index >= 15 is 0 Å². The summed E-state index contributed by atoms with van der Waals surface area (Å²) in [5.74, 6) is 0. The highest BCUT2D eigenvalue weighted by atomic mass is 16.5. The van der Waals surface area contributed by atoms with Gasteiger partial charge >= 0.3 is 0 Å². The van der Waals surface area contributed by atoms with Crippen LogP contribution in [0.5, 0.6) is 0 Å². The smallest absolute Gasteiger partial charge is 0.0670 e. The Morgan fingerprint density at radius 2 is 1.80 bits per heavy atom. The van der Waals surface area contributed by atoms with Gasteiger partial charge in [-0.1, -0.05) is 0 Å². The van der Waals surface area contributed by atoms with Gasteiger partial charge in [0.15, 0.2) is 0 Å². The first-order valence-electron chi connectivity index (χ1n) is 6.13. The second kappa shape index (κ2) is 6.46. The first-order chi connectivity index (χ1) is 7.11. The predicted octanol–water partition coefficient (Wildman–Crippen LogP) is 1.48. The Balaban J connectivity index is 2.37. The van der Waals surface area contributed by atoms with Crippen molar-refractivity contribution in [2.45, 2.75) is 51.8 Å².